The monoisotopic (exact) mass is 443 g/mol. The lowest BCUT2D eigenvalue weighted by Gasteiger charge is -2.06. The highest BCUT2D eigenvalue weighted by atomic mass is 35.5. The summed E-state index contributed by atoms with van der Waals surface area (Å²) in [6.45, 7) is 1.70. The van der Waals surface area contributed by atoms with Gasteiger partial charge in [0, 0.05) is 5.69 Å². The Morgan fingerprint density at radius 1 is 1.27 bits per heavy atom. The Morgan fingerprint density at radius 2 is 2.07 bits per heavy atom. The zero-order valence-corrected chi connectivity index (χ0v) is 17.4. The standard InChI is InChI=1S/C19H14ClN5O4S/c1-9-7-11(18(27)28-2)14-15(21-9)22-19(23-16(14)26)30-8-13-24-25-17(29-13)10-5-3-4-6-12(10)20/h3-7H,8H2,1-2H3,(H,21,22,23,26). The van der Waals surface area contributed by atoms with Crippen molar-refractivity contribution >= 4 is 40.4 Å². The Hall–Kier alpha value is -3.24. The van der Waals surface area contributed by atoms with E-state index in [2.05, 4.69) is 25.1 Å². The number of esters is 1. The van der Waals surface area contributed by atoms with Crippen molar-refractivity contribution in [3.63, 3.8) is 0 Å². The van der Waals surface area contributed by atoms with Gasteiger partial charge in [-0.2, -0.15) is 0 Å². The summed E-state index contributed by atoms with van der Waals surface area (Å²) in [6.07, 6.45) is 0. The van der Waals surface area contributed by atoms with Crippen LogP contribution in [0.3, 0.4) is 0 Å². The lowest BCUT2D eigenvalue weighted by Crippen LogP contribution is -2.16. The smallest absolute Gasteiger partial charge is 0.338 e. The average molecular weight is 444 g/mol. The van der Waals surface area contributed by atoms with E-state index in [-0.39, 0.29) is 22.3 Å². The fourth-order valence-corrected chi connectivity index (χ4v) is 3.68. The number of aryl methyl sites for hydroxylation is 1. The largest absolute Gasteiger partial charge is 0.465 e. The Morgan fingerprint density at radius 3 is 2.83 bits per heavy atom. The van der Waals surface area contributed by atoms with Gasteiger partial charge in [0.25, 0.3) is 5.56 Å². The summed E-state index contributed by atoms with van der Waals surface area (Å²) in [4.78, 5) is 35.8. The van der Waals surface area contributed by atoms with Crippen molar-refractivity contribution in [2.45, 2.75) is 17.8 Å². The highest BCUT2D eigenvalue weighted by Gasteiger charge is 2.18. The Labute approximate surface area is 178 Å². The first kappa shape index (κ1) is 20.0. The minimum Gasteiger partial charge on any atom is -0.465 e. The minimum absolute atomic E-state index is 0.0793. The predicted molar refractivity (Wildman–Crippen MR) is 111 cm³/mol. The molecule has 0 spiro atoms. The molecule has 0 atom stereocenters. The number of thioether (sulfide) groups is 1. The van der Waals surface area contributed by atoms with Gasteiger partial charge in [0.05, 0.1) is 34.4 Å². The number of carbonyl (C=O) groups excluding carboxylic acids is 1. The van der Waals surface area contributed by atoms with Crippen LogP contribution in [0.15, 0.2) is 44.7 Å². The number of ether oxygens (including phenoxy) is 1. The number of fused-ring (bicyclic) bond motifs is 1. The summed E-state index contributed by atoms with van der Waals surface area (Å²) in [5.41, 5.74) is 0.960. The first-order chi connectivity index (χ1) is 14.5. The van der Waals surface area contributed by atoms with Crippen LogP contribution in [0.4, 0.5) is 0 Å². The van der Waals surface area contributed by atoms with Gasteiger partial charge in [-0.25, -0.2) is 14.8 Å². The number of nitrogens with zero attached hydrogens (tertiary/aromatic N) is 4. The molecule has 0 amide bonds. The molecule has 0 aliphatic heterocycles. The Balaban J connectivity index is 1.60. The number of carbonyl (C=O) groups is 1. The lowest BCUT2D eigenvalue weighted by atomic mass is 10.1. The topological polar surface area (TPSA) is 124 Å². The van der Waals surface area contributed by atoms with Crippen LogP contribution in [-0.2, 0) is 10.5 Å². The van der Waals surface area contributed by atoms with Gasteiger partial charge < -0.3 is 14.1 Å². The van der Waals surface area contributed by atoms with E-state index in [9.17, 15) is 9.59 Å². The number of pyridine rings is 1. The van der Waals surface area contributed by atoms with Crippen LogP contribution in [0.2, 0.25) is 5.02 Å². The predicted octanol–water partition coefficient (Wildman–Crippen LogP) is 3.41. The molecule has 3 heterocycles. The summed E-state index contributed by atoms with van der Waals surface area (Å²) in [5.74, 6) is 0.277. The summed E-state index contributed by atoms with van der Waals surface area (Å²) in [7, 11) is 1.25. The van der Waals surface area contributed by atoms with Gasteiger partial charge in [-0.3, -0.25) is 4.79 Å². The molecule has 1 aromatic carbocycles. The van der Waals surface area contributed by atoms with Gasteiger partial charge in [-0.05, 0) is 25.1 Å². The lowest BCUT2D eigenvalue weighted by molar-refractivity contribution is 0.0602. The van der Waals surface area contributed by atoms with E-state index in [4.69, 9.17) is 20.8 Å². The molecule has 0 unspecified atom stereocenters. The molecule has 1 N–H and O–H groups in total. The van der Waals surface area contributed by atoms with Crippen LogP contribution in [0.5, 0.6) is 0 Å². The molecule has 152 valence electrons. The molecule has 11 heteroatoms. The SMILES string of the molecule is COC(=O)c1cc(C)nc2nc(SCc3nnc(-c4ccccc4Cl)o3)[nH]c(=O)c12. The van der Waals surface area contributed by atoms with Gasteiger partial charge in [-0.1, -0.05) is 35.5 Å². The highest BCUT2D eigenvalue weighted by Crippen LogP contribution is 2.28. The fourth-order valence-electron chi connectivity index (χ4n) is 2.77. The van der Waals surface area contributed by atoms with Crippen LogP contribution < -0.4 is 5.56 Å². The second-order valence-electron chi connectivity index (χ2n) is 6.14. The normalized spacial score (nSPS) is 11.0. The van der Waals surface area contributed by atoms with Crippen LogP contribution in [0, 0.1) is 6.92 Å². The Kier molecular flexibility index (Phi) is 5.51. The Bertz CT molecular complexity index is 1320. The number of benzene rings is 1. The summed E-state index contributed by atoms with van der Waals surface area (Å²) in [6, 6.07) is 8.63. The van der Waals surface area contributed by atoms with Gasteiger partial charge >= 0.3 is 5.97 Å². The number of H-pyrrole nitrogens is 1. The quantitative estimate of drug-likeness (QED) is 0.280. The van der Waals surface area contributed by atoms with Crippen LogP contribution in [-0.4, -0.2) is 38.2 Å². The van der Waals surface area contributed by atoms with E-state index in [1.165, 1.54) is 24.9 Å². The van der Waals surface area contributed by atoms with Crippen molar-refractivity contribution in [3.05, 3.63) is 62.9 Å². The van der Waals surface area contributed by atoms with E-state index in [0.29, 0.717) is 33.2 Å². The minimum atomic E-state index is -0.629. The molecule has 30 heavy (non-hydrogen) atoms. The molecule has 9 nitrogen and oxygen atoms in total. The zero-order chi connectivity index (χ0) is 21.3. The van der Waals surface area contributed by atoms with E-state index < -0.39 is 11.5 Å². The van der Waals surface area contributed by atoms with Crippen molar-refractivity contribution in [1.29, 1.82) is 0 Å². The molecule has 0 aliphatic carbocycles. The van der Waals surface area contributed by atoms with Crippen LogP contribution in [0.1, 0.15) is 21.9 Å². The summed E-state index contributed by atoms with van der Waals surface area (Å²) in [5, 5.41) is 8.90. The summed E-state index contributed by atoms with van der Waals surface area (Å²) >= 11 is 7.34. The zero-order valence-electron chi connectivity index (χ0n) is 15.8. The van der Waals surface area contributed by atoms with Crippen molar-refractivity contribution in [1.82, 2.24) is 25.1 Å². The molecule has 0 aliphatic rings. The van der Waals surface area contributed by atoms with Gasteiger partial charge in [-0.15, -0.1) is 10.2 Å². The average Bonchev–Trinajstić information content (AvgIpc) is 3.20. The van der Waals surface area contributed by atoms with E-state index in [0.717, 1.165) is 0 Å². The second kappa shape index (κ2) is 8.25. The molecular formula is C19H14ClN5O4S. The molecule has 4 aromatic rings. The number of nitrogens with one attached hydrogen (secondary N) is 1. The maximum absolute atomic E-state index is 12.6. The third kappa shape index (κ3) is 3.91. The molecule has 3 aromatic heterocycles. The van der Waals surface area contributed by atoms with E-state index >= 15 is 0 Å². The third-order valence-electron chi connectivity index (χ3n) is 4.09. The molecule has 0 saturated carbocycles. The van der Waals surface area contributed by atoms with Crippen molar-refractivity contribution < 1.29 is 13.9 Å². The maximum atomic E-state index is 12.6. The number of aromatic amines is 1. The number of hydrogen-bond donors (Lipinski definition) is 1. The number of hydrogen-bond acceptors (Lipinski definition) is 9. The molecule has 0 saturated heterocycles. The number of halogens is 1. The molecular weight excluding hydrogens is 430 g/mol. The van der Waals surface area contributed by atoms with E-state index in [1.54, 1.807) is 19.1 Å². The van der Waals surface area contributed by atoms with Crippen molar-refractivity contribution in [2.75, 3.05) is 7.11 Å². The van der Waals surface area contributed by atoms with Crippen LogP contribution >= 0.6 is 23.4 Å². The van der Waals surface area contributed by atoms with Crippen molar-refractivity contribution in [3.8, 4) is 11.5 Å². The van der Waals surface area contributed by atoms with Gasteiger partial charge in [0.2, 0.25) is 11.8 Å². The van der Waals surface area contributed by atoms with Gasteiger partial charge in [0.1, 0.15) is 0 Å². The fraction of sp³-hybridized carbons (Fsp3) is 0.158. The first-order valence-corrected chi connectivity index (χ1v) is 10.0. The second-order valence-corrected chi connectivity index (χ2v) is 7.51. The first-order valence-electron chi connectivity index (χ1n) is 8.66. The number of methoxy groups -OCH3 is 1. The molecule has 4 rings (SSSR count). The molecule has 0 fully saturated rings. The molecule has 0 radical (unpaired) electrons. The van der Waals surface area contributed by atoms with Gasteiger partial charge in [0.15, 0.2) is 10.8 Å². The number of rotatable bonds is 5. The molecule has 0 bridgehead atoms. The maximum Gasteiger partial charge on any atom is 0.338 e. The third-order valence-corrected chi connectivity index (χ3v) is 5.28. The summed E-state index contributed by atoms with van der Waals surface area (Å²) < 4.78 is 10.4. The highest BCUT2D eigenvalue weighted by molar-refractivity contribution is 7.98. The van der Waals surface area contributed by atoms with E-state index in [1.807, 2.05) is 12.1 Å². The van der Waals surface area contributed by atoms with Crippen molar-refractivity contribution in [2.24, 2.45) is 0 Å². The van der Waals surface area contributed by atoms with Crippen LogP contribution in [0.25, 0.3) is 22.5 Å². The number of aromatic nitrogens is 5.